The summed E-state index contributed by atoms with van der Waals surface area (Å²) < 4.78 is 0. The molecule has 1 unspecified atom stereocenters. The van der Waals surface area contributed by atoms with Crippen LogP contribution in [-0.2, 0) is 4.79 Å². The summed E-state index contributed by atoms with van der Waals surface area (Å²) in [6.07, 6.45) is 3.97. The van der Waals surface area contributed by atoms with Gasteiger partial charge < -0.3 is 11.1 Å². The average Bonchev–Trinajstić information content (AvgIpc) is 2.84. The molecule has 1 atom stereocenters. The van der Waals surface area contributed by atoms with E-state index in [1.54, 1.807) is 0 Å². The quantitative estimate of drug-likeness (QED) is 0.675. The molecule has 0 aromatic rings. The van der Waals surface area contributed by atoms with Crippen LogP contribution in [0.3, 0.4) is 0 Å². The van der Waals surface area contributed by atoms with Gasteiger partial charge in [-0.25, -0.2) is 0 Å². The minimum absolute atomic E-state index is 0.0917. The number of rotatable bonds is 6. The molecule has 3 heteroatoms. The van der Waals surface area contributed by atoms with Crippen molar-refractivity contribution in [3.8, 4) is 0 Å². The molecule has 0 saturated heterocycles. The van der Waals surface area contributed by atoms with Crippen LogP contribution in [0.25, 0.3) is 0 Å². The fourth-order valence-electron chi connectivity index (χ4n) is 1.48. The van der Waals surface area contributed by atoms with E-state index in [1.165, 1.54) is 12.8 Å². The van der Waals surface area contributed by atoms with Crippen LogP contribution in [0.5, 0.6) is 0 Å². The minimum atomic E-state index is 0.0917. The number of carbonyl (C=O) groups is 1. The summed E-state index contributed by atoms with van der Waals surface area (Å²) in [6.45, 7) is 5.10. The maximum absolute atomic E-state index is 11.4. The van der Waals surface area contributed by atoms with Crippen molar-refractivity contribution in [1.29, 1.82) is 0 Å². The van der Waals surface area contributed by atoms with Gasteiger partial charge >= 0.3 is 0 Å². The molecule has 0 radical (unpaired) electrons. The Morgan fingerprint density at radius 3 is 2.64 bits per heavy atom. The Labute approximate surface area is 86.4 Å². The molecule has 0 spiro atoms. The zero-order valence-corrected chi connectivity index (χ0v) is 9.25. The Kier molecular flexibility index (Phi) is 4.39. The van der Waals surface area contributed by atoms with E-state index in [-0.39, 0.29) is 11.9 Å². The van der Waals surface area contributed by atoms with E-state index < -0.39 is 0 Å². The van der Waals surface area contributed by atoms with Gasteiger partial charge in [0.15, 0.2) is 0 Å². The first-order chi connectivity index (χ1) is 6.59. The van der Waals surface area contributed by atoms with E-state index in [1.807, 2.05) is 0 Å². The van der Waals surface area contributed by atoms with E-state index in [0.29, 0.717) is 18.3 Å². The maximum Gasteiger partial charge on any atom is 0.221 e. The third-order valence-electron chi connectivity index (χ3n) is 2.69. The van der Waals surface area contributed by atoms with Gasteiger partial charge in [0, 0.05) is 19.0 Å². The van der Waals surface area contributed by atoms with Crippen LogP contribution in [0, 0.1) is 11.8 Å². The number of hydrogen-bond acceptors (Lipinski definition) is 2. The standard InChI is InChI=1S/C11H22N2O/c1-8(2)5-6-13-11(14)7-10(12)9-3-4-9/h8-10H,3-7,12H2,1-2H3,(H,13,14). The Morgan fingerprint density at radius 2 is 2.14 bits per heavy atom. The second-order valence-electron chi connectivity index (χ2n) is 4.74. The van der Waals surface area contributed by atoms with Gasteiger partial charge in [-0.3, -0.25) is 4.79 Å². The highest BCUT2D eigenvalue weighted by atomic mass is 16.1. The Hall–Kier alpha value is -0.570. The first kappa shape index (κ1) is 11.5. The molecule has 1 saturated carbocycles. The minimum Gasteiger partial charge on any atom is -0.356 e. The molecule has 1 aliphatic carbocycles. The molecule has 3 N–H and O–H groups in total. The van der Waals surface area contributed by atoms with Crippen molar-refractivity contribution in [1.82, 2.24) is 5.32 Å². The Bertz CT molecular complexity index is 188. The number of hydrogen-bond donors (Lipinski definition) is 2. The van der Waals surface area contributed by atoms with Crippen molar-refractivity contribution < 1.29 is 4.79 Å². The van der Waals surface area contributed by atoms with Crippen molar-refractivity contribution in [3.63, 3.8) is 0 Å². The maximum atomic E-state index is 11.4. The van der Waals surface area contributed by atoms with Gasteiger partial charge in [-0.2, -0.15) is 0 Å². The summed E-state index contributed by atoms with van der Waals surface area (Å²) in [5.41, 5.74) is 5.85. The lowest BCUT2D eigenvalue weighted by atomic mass is 10.1. The van der Waals surface area contributed by atoms with Crippen molar-refractivity contribution in [3.05, 3.63) is 0 Å². The second kappa shape index (κ2) is 5.35. The van der Waals surface area contributed by atoms with Crippen LogP contribution >= 0.6 is 0 Å². The highest BCUT2D eigenvalue weighted by Gasteiger charge is 2.29. The van der Waals surface area contributed by atoms with Gasteiger partial charge in [-0.1, -0.05) is 13.8 Å². The summed E-state index contributed by atoms with van der Waals surface area (Å²) in [7, 11) is 0. The van der Waals surface area contributed by atoms with Crippen molar-refractivity contribution in [2.45, 2.75) is 45.6 Å². The zero-order valence-electron chi connectivity index (χ0n) is 9.25. The first-order valence-electron chi connectivity index (χ1n) is 5.62. The van der Waals surface area contributed by atoms with E-state index in [9.17, 15) is 4.79 Å². The molecule has 1 amide bonds. The van der Waals surface area contributed by atoms with Gasteiger partial charge in [0.2, 0.25) is 5.91 Å². The van der Waals surface area contributed by atoms with Crippen LogP contribution in [0.2, 0.25) is 0 Å². The molecular weight excluding hydrogens is 176 g/mol. The molecule has 0 aromatic heterocycles. The molecule has 0 aromatic carbocycles. The monoisotopic (exact) mass is 198 g/mol. The summed E-state index contributed by atoms with van der Waals surface area (Å²) >= 11 is 0. The van der Waals surface area contributed by atoms with E-state index >= 15 is 0 Å². The molecule has 0 bridgehead atoms. The van der Waals surface area contributed by atoms with Crippen molar-refractivity contribution in [2.75, 3.05) is 6.54 Å². The highest BCUT2D eigenvalue weighted by molar-refractivity contribution is 5.76. The average molecular weight is 198 g/mol. The molecule has 14 heavy (non-hydrogen) atoms. The van der Waals surface area contributed by atoms with Crippen molar-refractivity contribution in [2.24, 2.45) is 17.6 Å². The second-order valence-corrected chi connectivity index (χ2v) is 4.74. The summed E-state index contributed by atoms with van der Waals surface area (Å²) in [6, 6.07) is 0.0917. The van der Waals surface area contributed by atoms with Gasteiger partial charge in [0.05, 0.1) is 0 Å². The molecule has 1 fully saturated rings. The summed E-state index contributed by atoms with van der Waals surface area (Å²) in [5.74, 6) is 1.38. The lowest BCUT2D eigenvalue weighted by Crippen LogP contribution is -2.33. The summed E-state index contributed by atoms with van der Waals surface area (Å²) in [4.78, 5) is 11.4. The first-order valence-corrected chi connectivity index (χ1v) is 5.62. The molecule has 82 valence electrons. The molecule has 1 rings (SSSR count). The lowest BCUT2D eigenvalue weighted by molar-refractivity contribution is -0.121. The Morgan fingerprint density at radius 1 is 1.50 bits per heavy atom. The van der Waals surface area contributed by atoms with Gasteiger partial charge in [0.1, 0.15) is 0 Å². The molecule has 0 heterocycles. The van der Waals surface area contributed by atoms with Gasteiger partial charge in [-0.05, 0) is 31.1 Å². The van der Waals surface area contributed by atoms with Crippen LogP contribution < -0.4 is 11.1 Å². The van der Waals surface area contributed by atoms with Crippen molar-refractivity contribution >= 4 is 5.91 Å². The summed E-state index contributed by atoms with van der Waals surface area (Å²) in [5, 5.41) is 2.91. The van der Waals surface area contributed by atoms with E-state index in [4.69, 9.17) is 5.73 Å². The number of carbonyl (C=O) groups excluding carboxylic acids is 1. The van der Waals surface area contributed by atoms with E-state index in [2.05, 4.69) is 19.2 Å². The topological polar surface area (TPSA) is 55.1 Å². The normalized spacial score (nSPS) is 18.3. The van der Waals surface area contributed by atoms with E-state index in [0.717, 1.165) is 13.0 Å². The SMILES string of the molecule is CC(C)CCNC(=O)CC(N)C1CC1. The fraction of sp³-hybridized carbons (Fsp3) is 0.909. The van der Waals surface area contributed by atoms with Crippen LogP contribution in [0.15, 0.2) is 0 Å². The third-order valence-corrected chi connectivity index (χ3v) is 2.69. The van der Waals surface area contributed by atoms with Crippen LogP contribution in [-0.4, -0.2) is 18.5 Å². The van der Waals surface area contributed by atoms with Gasteiger partial charge in [0.25, 0.3) is 0 Å². The largest absolute Gasteiger partial charge is 0.356 e. The lowest BCUT2D eigenvalue weighted by Gasteiger charge is -2.11. The number of nitrogens with two attached hydrogens (primary N) is 1. The number of amides is 1. The van der Waals surface area contributed by atoms with Crippen LogP contribution in [0.1, 0.15) is 39.5 Å². The van der Waals surface area contributed by atoms with Crippen LogP contribution in [0.4, 0.5) is 0 Å². The molecule has 1 aliphatic rings. The predicted octanol–water partition coefficient (Wildman–Crippen LogP) is 1.28. The third kappa shape index (κ3) is 4.61. The smallest absolute Gasteiger partial charge is 0.221 e. The molecular formula is C11H22N2O. The fourth-order valence-corrected chi connectivity index (χ4v) is 1.48. The predicted molar refractivity (Wildman–Crippen MR) is 57.8 cm³/mol. The molecule has 0 aliphatic heterocycles. The van der Waals surface area contributed by atoms with Gasteiger partial charge in [-0.15, -0.1) is 0 Å². The molecule has 3 nitrogen and oxygen atoms in total. The highest BCUT2D eigenvalue weighted by Crippen LogP contribution is 2.32. The Balaban J connectivity index is 2.03. The number of nitrogens with one attached hydrogen (secondary N) is 1. The zero-order chi connectivity index (χ0) is 10.6.